The van der Waals surface area contributed by atoms with Crippen molar-refractivity contribution in [2.45, 2.75) is 39.3 Å². The number of rotatable bonds is 7. The highest BCUT2D eigenvalue weighted by Gasteiger charge is 2.21. The molecule has 0 aliphatic rings. The predicted molar refractivity (Wildman–Crippen MR) is 83.5 cm³/mol. The van der Waals surface area contributed by atoms with Crippen molar-refractivity contribution >= 4 is 5.91 Å². The van der Waals surface area contributed by atoms with Gasteiger partial charge in [0, 0.05) is 0 Å². The van der Waals surface area contributed by atoms with Crippen LogP contribution in [0.3, 0.4) is 0 Å². The highest BCUT2D eigenvalue weighted by Crippen LogP contribution is 2.29. The van der Waals surface area contributed by atoms with Crippen molar-refractivity contribution in [3.8, 4) is 11.5 Å². The number of hydrogen-bond donors (Lipinski definition) is 2. The second-order valence-electron chi connectivity index (χ2n) is 5.26. The van der Waals surface area contributed by atoms with Gasteiger partial charge in [-0.05, 0) is 30.5 Å². The van der Waals surface area contributed by atoms with E-state index in [1.807, 2.05) is 39.0 Å². The van der Waals surface area contributed by atoms with Crippen LogP contribution < -0.4 is 20.5 Å². The Hall–Kier alpha value is -1.75. The Kier molecular flexibility index (Phi) is 6.49. The van der Waals surface area contributed by atoms with E-state index in [-0.39, 0.29) is 17.9 Å². The normalized spacial score (nSPS) is 15.0. The molecule has 0 aliphatic carbocycles. The van der Waals surface area contributed by atoms with E-state index in [4.69, 9.17) is 15.2 Å². The summed E-state index contributed by atoms with van der Waals surface area (Å²) in [5.74, 6) is 1.33. The van der Waals surface area contributed by atoms with Crippen LogP contribution in [0.4, 0.5) is 0 Å². The van der Waals surface area contributed by atoms with Crippen molar-refractivity contribution in [3.05, 3.63) is 23.8 Å². The Morgan fingerprint density at radius 1 is 1.24 bits per heavy atom. The molecule has 5 heteroatoms. The highest BCUT2D eigenvalue weighted by atomic mass is 16.5. The van der Waals surface area contributed by atoms with Gasteiger partial charge in [0.25, 0.3) is 0 Å². The summed E-state index contributed by atoms with van der Waals surface area (Å²) >= 11 is 0. The maximum atomic E-state index is 12.1. The first-order valence-electron chi connectivity index (χ1n) is 7.22. The van der Waals surface area contributed by atoms with E-state index in [0.29, 0.717) is 11.5 Å². The largest absolute Gasteiger partial charge is 0.493 e. The lowest BCUT2D eigenvalue weighted by molar-refractivity contribution is -0.124. The lowest BCUT2D eigenvalue weighted by Crippen LogP contribution is -2.45. The van der Waals surface area contributed by atoms with Crippen LogP contribution in [0.1, 0.15) is 38.8 Å². The maximum Gasteiger partial charge on any atom is 0.237 e. The van der Waals surface area contributed by atoms with Gasteiger partial charge in [0.05, 0.1) is 26.3 Å². The minimum absolute atomic E-state index is 0.133. The second-order valence-corrected chi connectivity index (χ2v) is 5.26. The Morgan fingerprint density at radius 3 is 2.38 bits per heavy atom. The zero-order valence-electron chi connectivity index (χ0n) is 13.5. The number of ether oxygens (including phenoxy) is 2. The van der Waals surface area contributed by atoms with Crippen LogP contribution in [0.2, 0.25) is 0 Å². The van der Waals surface area contributed by atoms with Crippen LogP contribution in [0, 0.1) is 5.92 Å². The van der Waals surface area contributed by atoms with Gasteiger partial charge in [-0.15, -0.1) is 0 Å². The molecule has 1 aromatic rings. The lowest BCUT2D eigenvalue weighted by Gasteiger charge is -2.22. The molecule has 0 radical (unpaired) electrons. The molecule has 1 aromatic carbocycles. The molecule has 0 spiro atoms. The number of benzene rings is 1. The summed E-state index contributed by atoms with van der Waals surface area (Å²) in [7, 11) is 3.18. The summed E-state index contributed by atoms with van der Waals surface area (Å²) in [5.41, 5.74) is 6.88. The Labute approximate surface area is 126 Å². The van der Waals surface area contributed by atoms with E-state index in [1.54, 1.807) is 14.2 Å². The zero-order valence-corrected chi connectivity index (χ0v) is 13.5. The number of hydrogen-bond acceptors (Lipinski definition) is 4. The van der Waals surface area contributed by atoms with E-state index in [9.17, 15) is 4.79 Å². The Morgan fingerprint density at radius 2 is 1.86 bits per heavy atom. The summed E-state index contributed by atoms with van der Waals surface area (Å²) < 4.78 is 10.5. The standard InChI is InChI=1S/C16H26N2O3/c1-6-10(2)15(17)16(19)18-11(3)12-7-8-13(20-4)14(9-12)21-5/h7-11,15H,6,17H2,1-5H3,(H,18,19)/t10?,11?,15-/m0/s1. The molecular formula is C16H26N2O3. The molecule has 0 aliphatic heterocycles. The molecule has 118 valence electrons. The molecule has 0 bridgehead atoms. The zero-order chi connectivity index (χ0) is 16.0. The van der Waals surface area contributed by atoms with E-state index in [1.165, 1.54) is 0 Å². The first-order valence-corrected chi connectivity index (χ1v) is 7.22. The molecule has 0 saturated carbocycles. The SMILES string of the molecule is CCC(C)[C@H](N)C(=O)NC(C)c1ccc(OC)c(OC)c1. The van der Waals surface area contributed by atoms with Gasteiger partial charge in [-0.1, -0.05) is 26.3 Å². The molecule has 21 heavy (non-hydrogen) atoms. The van der Waals surface area contributed by atoms with Gasteiger partial charge in [-0.25, -0.2) is 0 Å². The quantitative estimate of drug-likeness (QED) is 0.809. The van der Waals surface area contributed by atoms with Crippen molar-refractivity contribution in [2.75, 3.05) is 14.2 Å². The molecule has 0 saturated heterocycles. The molecule has 0 heterocycles. The number of nitrogens with one attached hydrogen (secondary N) is 1. The summed E-state index contributed by atoms with van der Waals surface area (Å²) in [6.45, 7) is 5.92. The van der Waals surface area contributed by atoms with Gasteiger partial charge in [-0.2, -0.15) is 0 Å². The second kappa shape index (κ2) is 7.88. The third-order valence-electron chi connectivity index (χ3n) is 3.83. The van der Waals surface area contributed by atoms with Crippen LogP contribution in [-0.4, -0.2) is 26.2 Å². The van der Waals surface area contributed by atoms with Crippen molar-refractivity contribution in [1.29, 1.82) is 0 Å². The molecular weight excluding hydrogens is 268 g/mol. The van der Waals surface area contributed by atoms with Gasteiger partial charge < -0.3 is 20.5 Å². The van der Waals surface area contributed by atoms with Crippen LogP contribution in [-0.2, 0) is 4.79 Å². The average molecular weight is 294 g/mol. The van der Waals surface area contributed by atoms with E-state index < -0.39 is 6.04 Å². The van der Waals surface area contributed by atoms with E-state index in [2.05, 4.69) is 5.32 Å². The first-order chi connectivity index (χ1) is 9.94. The van der Waals surface area contributed by atoms with Gasteiger partial charge in [0.2, 0.25) is 5.91 Å². The predicted octanol–water partition coefficient (Wildman–Crippen LogP) is 2.25. The Balaban J connectivity index is 2.80. The van der Waals surface area contributed by atoms with Crippen molar-refractivity contribution < 1.29 is 14.3 Å². The third kappa shape index (κ3) is 4.36. The minimum atomic E-state index is -0.488. The summed E-state index contributed by atoms with van der Waals surface area (Å²) in [5, 5.41) is 2.94. The number of amides is 1. The van der Waals surface area contributed by atoms with Gasteiger partial charge >= 0.3 is 0 Å². The number of carbonyl (C=O) groups is 1. The topological polar surface area (TPSA) is 73.6 Å². The molecule has 1 rings (SSSR count). The van der Waals surface area contributed by atoms with Crippen molar-refractivity contribution in [1.82, 2.24) is 5.32 Å². The number of methoxy groups -OCH3 is 2. The van der Waals surface area contributed by atoms with Gasteiger partial charge in [0.1, 0.15) is 0 Å². The van der Waals surface area contributed by atoms with E-state index in [0.717, 1.165) is 12.0 Å². The summed E-state index contributed by atoms with van der Waals surface area (Å²) in [6, 6.07) is 4.95. The molecule has 1 amide bonds. The molecule has 3 atom stereocenters. The van der Waals surface area contributed by atoms with E-state index >= 15 is 0 Å². The fourth-order valence-corrected chi connectivity index (χ4v) is 2.03. The average Bonchev–Trinajstić information content (AvgIpc) is 2.52. The summed E-state index contributed by atoms with van der Waals surface area (Å²) in [4.78, 5) is 12.1. The lowest BCUT2D eigenvalue weighted by atomic mass is 9.98. The Bertz CT molecular complexity index is 477. The minimum Gasteiger partial charge on any atom is -0.493 e. The van der Waals surface area contributed by atoms with Crippen LogP contribution >= 0.6 is 0 Å². The molecule has 5 nitrogen and oxygen atoms in total. The molecule has 0 aromatic heterocycles. The van der Waals surface area contributed by atoms with Crippen molar-refractivity contribution in [2.24, 2.45) is 11.7 Å². The molecule has 3 N–H and O–H groups in total. The number of nitrogens with two attached hydrogens (primary N) is 1. The van der Waals surface area contributed by atoms with Crippen LogP contribution in [0.5, 0.6) is 11.5 Å². The summed E-state index contributed by atoms with van der Waals surface area (Å²) in [6.07, 6.45) is 0.874. The first kappa shape index (κ1) is 17.3. The fraction of sp³-hybridized carbons (Fsp3) is 0.562. The fourth-order valence-electron chi connectivity index (χ4n) is 2.03. The van der Waals surface area contributed by atoms with Crippen molar-refractivity contribution in [3.63, 3.8) is 0 Å². The molecule has 0 fully saturated rings. The van der Waals surface area contributed by atoms with Gasteiger partial charge in [-0.3, -0.25) is 4.79 Å². The smallest absolute Gasteiger partial charge is 0.237 e. The van der Waals surface area contributed by atoms with Gasteiger partial charge in [0.15, 0.2) is 11.5 Å². The van der Waals surface area contributed by atoms with Crippen LogP contribution in [0.25, 0.3) is 0 Å². The third-order valence-corrected chi connectivity index (χ3v) is 3.83. The maximum absolute atomic E-state index is 12.1. The highest BCUT2D eigenvalue weighted by molar-refractivity contribution is 5.82. The monoisotopic (exact) mass is 294 g/mol. The number of carbonyl (C=O) groups excluding carboxylic acids is 1. The van der Waals surface area contributed by atoms with Crippen LogP contribution in [0.15, 0.2) is 18.2 Å². The molecule has 2 unspecified atom stereocenters.